The molecule has 124 valence electrons. The Hall–Kier alpha value is -2.23. The normalized spacial score (nSPS) is 10.8. The second-order valence-corrected chi connectivity index (χ2v) is 5.86. The van der Waals surface area contributed by atoms with Gasteiger partial charge in [0.25, 0.3) is 0 Å². The maximum absolute atomic E-state index is 12.4. The minimum absolute atomic E-state index is 0.0543. The van der Waals surface area contributed by atoms with Crippen LogP contribution in [0.5, 0.6) is 5.75 Å². The van der Waals surface area contributed by atoms with Crippen molar-refractivity contribution in [2.24, 2.45) is 5.92 Å². The van der Waals surface area contributed by atoms with Crippen LogP contribution in [0.2, 0.25) is 0 Å². The summed E-state index contributed by atoms with van der Waals surface area (Å²) in [6.07, 6.45) is 1.99. The molecule has 0 aliphatic heterocycles. The highest BCUT2D eigenvalue weighted by atomic mass is 16.5. The van der Waals surface area contributed by atoms with Crippen LogP contribution in [0.25, 0.3) is 11.3 Å². The fourth-order valence-electron chi connectivity index (χ4n) is 2.34. The highest BCUT2D eigenvalue weighted by Gasteiger charge is 2.21. The van der Waals surface area contributed by atoms with Gasteiger partial charge in [-0.25, -0.2) is 0 Å². The number of ether oxygens (including phenoxy) is 1. The summed E-state index contributed by atoms with van der Waals surface area (Å²) in [7, 11) is 1.64. The molecule has 4 nitrogen and oxygen atoms in total. The quantitative estimate of drug-likeness (QED) is 0.741. The van der Waals surface area contributed by atoms with Crippen LogP contribution < -0.4 is 9.64 Å². The summed E-state index contributed by atoms with van der Waals surface area (Å²) >= 11 is 0. The smallest absolute Gasteiger partial charge is 0.231 e. The molecule has 4 heteroatoms. The summed E-state index contributed by atoms with van der Waals surface area (Å²) in [5.41, 5.74) is 0.962. The Balaban J connectivity index is 2.24. The standard InChI is InChI=1S/C19H25NO3/c1-5-6-13-20(19(21)14(2)3)18-12-11-17(23-18)15-7-9-16(22-4)10-8-15/h7-12,14H,5-6,13H2,1-4H3. The number of carbonyl (C=O) groups excluding carboxylic acids is 1. The monoisotopic (exact) mass is 315 g/mol. The van der Waals surface area contributed by atoms with Crippen LogP contribution in [-0.4, -0.2) is 19.6 Å². The molecule has 0 radical (unpaired) electrons. The minimum Gasteiger partial charge on any atom is -0.497 e. The Morgan fingerprint density at radius 1 is 1.17 bits per heavy atom. The Labute approximate surface area is 138 Å². The van der Waals surface area contributed by atoms with Crippen molar-refractivity contribution in [3.05, 3.63) is 36.4 Å². The molecular formula is C19H25NO3. The Morgan fingerprint density at radius 2 is 1.87 bits per heavy atom. The van der Waals surface area contributed by atoms with Gasteiger partial charge in [0.2, 0.25) is 11.8 Å². The van der Waals surface area contributed by atoms with Crippen molar-refractivity contribution >= 4 is 11.8 Å². The van der Waals surface area contributed by atoms with E-state index in [1.807, 2.05) is 50.2 Å². The first-order valence-corrected chi connectivity index (χ1v) is 8.12. The molecule has 0 aliphatic rings. The summed E-state index contributed by atoms with van der Waals surface area (Å²) in [6.45, 7) is 6.62. The molecule has 2 aromatic rings. The number of hydrogen-bond acceptors (Lipinski definition) is 3. The van der Waals surface area contributed by atoms with E-state index in [0.29, 0.717) is 12.4 Å². The minimum atomic E-state index is -0.0543. The summed E-state index contributed by atoms with van der Waals surface area (Å²) in [6, 6.07) is 11.5. The lowest BCUT2D eigenvalue weighted by atomic mass is 10.1. The lowest BCUT2D eigenvalue weighted by Crippen LogP contribution is -2.34. The van der Waals surface area contributed by atoms with E-state index in [1.54, 1.807) is 12.0 Å². The lowest BCUT2D eigenvalue weighted by molar-refractivity contribution is -0.121. The third kappa shape index (κ3) is 4.15. The third-order valence-corrected chi connectivity index (χ3v) is 3.73. The maximum atomic E-state index is 12.4. The molecular weight excluding hydrogens is 290 g/mol. The van der Waals surface area contributed by atoms with Gasteiger partial charge >= 0.3 is 0 Å². The van der Waals surface area contributed by atoms with Gasteiger partial charge in [-0.15, -0.1) is 0 Å². The van der Waals surface area contributed by atoms with Crippen LogP contribution in [0.4, 0.5) is 5.88 Å². The van der Waals surface area contributed by atoms with E-state index in [1.165, 1.54) is 0 Å². The first-order chi connectivity index (χ1) is 11.1. The van der Waals surface area contributed by atoms with Gasteiger partial charge in [0.1, 0.15) is 11.5 Å². The van der Waals surface area contributed by atoms with Gasteiger partial charge in [0.15, 0.2) is 0 Å². The van der Waals surface area contributed by atoms with Crippen molar-refractivity contribution < 1.29 is 13.9 Å². The number of methoxy groups -OCH3 is 1. The molecule has 1 amide bonds. The van der Waals surface area contributed by atoms with Crippen LogP contribution in [-0.2, 0) is 4.79 Å². The molecule has 0 atom stereocenters. The van der Waals surface area contributed by atoms with Gasteiger partial charge in [0, 0.05) is 24.1 Å². The number of hydrogen-bond donors (Lipinski definition) is 0. The number of unbranched alkanes of at least 4 members (excludes halogenated alkanes) is 1. The lowest BCUT2D eigenvalue weighted by Gasteiger charge is -2.21. The molecule has 1 aromatic carbocycles. The zero-order valence-electron chi connectivity index (χ0n) is 14.3. The largest absolute Gasteiger partial charge is 0.497 e. The first kappa shape index (κ1) is 17.1. The Kier molecular flexibility index (Phi) is 5.85. The predicted octanol–water partition coefficient (Wildman–Crippen LogP) is 4.74. The summed E-state index contributed by atoms with van der Waals surface area (Å²) in [5.74, 6) is 2.21. The maximum Gasteiger partial charge on any atom is 0.231 e. The van der Waals surface area contributed by atoms with Crippen molar-refractivity contribution in [2.45, 2.75) is 33.6 Å². The number of carbonyl (C=O) groups is 1. The van der Waals surface area contributed by atoms with E-state index in [9.17, 15) is 4.79 Å². The zero-order valence-corrected chi connectivity index (χ0v) is 14.3. The van der Waals surface area contributed by atoms with Crippen LogP contribution in [0, 0.1) is 5.92 Å². The Morgan fingerprint density at radius 3 is 2.43 bits per heavy atom. The third-order valence-electron chi connectivity index (χ3n) is 3.73. The predicted molar refractivity (Wildman–Crippen MR) is 92.8 cm³/mol. The number of anilines is 1. The molecule has 2 rings (SSSR count). The van der Waals surface area contributed by atoms with Crippen LogP contribution in [0.15, 0.2) is 40.8 Å². The van der Waals surface area contributed by atoms with Crippen molar-refractivity contribution in [1.82, 2.24) is 0 Å². The van der Waals surface area contributed by atoms with Crippen molar-refractivity contribution in [1.29, 1.82) is 0 Å². The van der Waals surface area contributed by atoms with E-state index in [2.05, 4.69) is 6.92 Å². The molecule has 0 N–H and O–H groups in total. The molecule has 0 saturated carbocycles. The van der Waals surface area contributed by atoms with Gasteiger partial charge in [-0.3, -0.25) is 9.69 Å². The fraction of sp³-hybridized carbons (Fsp3) is 0.421. The highest BCUT2D eigenvalue weighted by Crippen LogP contribution is 2.29. The van der Waals surface area contributed by atoms with Crippen LogP contribution in [0.3, 0.4) is 0 Å². The molecule has 1 aromatic heterocycles. The van der Waals surface area contributed by atoms with E-state index in [0.717, 1.165) is 29.9 Å². The SMILES string of the molecule is CCCCN(C(=O)C(C)C)c1ccc(-c2ccc(OC)cc2)o1. The van der Waals surface area contributed by atoms with E-state index < -0.39 is 0 Å². The second-order valence-electron chi connectivity index (χ2n) is 5.86. The van der Waals surface area contributed by atoms with Gasteiger partial charge in [-0.05, 0) is 36.8 Å². The van der Waals surface area contributed by atoms with E-state index in [-0.39, 0.29) is 11.8 Å². The van der Waals surface area contributed by atoms with Crippen molar-refractivity contribution in [3.63, 3.8) is 0 Å². The Bertz CT molecular complexity index is 628. The molecule has 0 aliphatic carbocycles. The first-order valence-electron chi connectivity index (χ1n) is 8.12. The van der Waals surface area contributed by atoms with Crippen LogP contribution in [0.1, 0.15) is 33.6 Å². The molecule has 1 heterocycles. The number of rotatable bonds is 7. The molecule has 0 spiro atoms. The molecule has 0 fully saturated rings. The molecule has 0 saturated heterocycles. The zero-order chi connectivity index (χ0) is 16.8. The molecule has 0 unspecified atom stereocenters. The van der Waals surface area contributed by atoms with Crippen LogP contribution >= 0.6 is 0 Å². The van der Waals surface area contributed by atoms with Gasteiger partial charge in [-0.2, -0.15) is 0 Å². The average Bonchev–Trinajstić information content (AvgIpc) is 3.04. The molecule has 23 heavy (non-hydrogen) atoms. The summed E-state index contributed by atoms with van der Waals surface area (Å²) in [4.78, 5) is 14.2. The number of benzene rings is 1. The number of amides is 1. The average molecular weight is 315 g/mol. The topological polar surface area (TPSA) is 42.7 Å². The summed E-state index contributed by atoms with van der Waals surface area (Å²) in [5, 5.41) is 0. The number of nitrogens with zero attached hydrogens (tertiary/aromatic N) is 1. The van der Waals surface area contributed by atoms with Gasteiger partial charge in [-0.1, -0.05) is 27.2 Å². The van der Waals surface area contributed by atoms with E-state index in [4.69, 9.17) is 9.15 Å². The number of furan rings is 1. The second kappa shape index (κ2) is 7.86. The molecule has 0 bridgehead atoms. The summed E-state index contributed by atoms with van der Waals surface area (Å²) < 4.78 is 11.1. The van der Waals surface area contributed by atoms with Crippen molar-refractivity contribution in [2.75, 3.05) is 18.6 Å². The van der Waals surface area contributed by atoms with Gasteiger partial charge < -0.3 is 9.15 Å². The van der Waals surface area contributed by atoms with E-state index >= 15 is 0 Å². The highest BCUT2D eigenvalue weighted by molar-refractivity contribution is 5.93. The fourth-order valence-corrected chi connectivity index (χ4v) is 2.34. The van der Waals surface area contributed by atoms with Crippen molar-refractivity contribution in [3.8, 4) is 17.1 Å². The van der Waals surface area contributed by atoms with Gasteiger partial charge in [0.05, 0.1) is 7.11 Å².